The van der Waals surface area contributed by atoms with Gasteiger partial charge in [-0.15, -0.1) is 22.7 Å². The van der Waals surface area contributed by atoms with Crippen LogP contribution in [0.5, 0.6) is 0 Å². The monoisotopic (exact) mass is 849 g/mol. The quantitative estimate of drug-likeness (QED) is 0.156. The van der Waals surface area contributed by atoms with E-state index in [9.17, 15) is 0 Å². The Morgan fingerprint density at radius 2 is 0.719 bits per heavy atom. The Bertz CT molecular complexity index is 3770. The van der Waals surface area contributed by atoms with Crippen molar-refractivity contribution in [1.29, 1.82) is 0 Å². The van der Waals surface area contributed by atoms with Crippen molar-refractivity contribution in [2.75, 3.05) is 0 Å². The minimum absolute atomic E-state index is 0.676. The largest absolute Gasteiger partial charge is 0.265 e. The SMILES string of the molecule is c1ccc(-c2cc(-c3c4ccccc4c(-c4ccncc4)c4ccccc34)nc(-c3cc(-c4ccc5sc6ccccc6c5c4)cc(-c4ccc5sc6ccccc6c5c4)c3)n2)cc1. The molecule has 64 heavy (non-hydrogen) atoms. The molecule has 4 aromatic heterocycles. The second kappa shape index (κ2) is 14.9. The van der Waals surface area contributed by atoms with Crippen LogP contribution in [0.3, 0.4) is 0 Å². The highest BCUT2D eigenvalue weighted by Gasteiger charge is 2.21. The van der Waals surface area contributed by atoms with E-state index in [-0.39, 0.29) is 0 Å². The number of fused-ring (bicyclic) bond motifs is 8. The maximum atomic E-state index is 5.62. The number of rotatable bonds is 6. The van der Waals surface area contributed by atoms with Crippen molar-refractivity contribution < 1.29 is 0 Å². The molecule has 4 heterocycles. The van der Waals surface area contributed by atoms with Gasteiger partial charge in [0.05, 0.1) is 11.4 Å². The van der Waals surface area contributed by atoms with Crippen LogP contribution >= 0.6 is 22.7 Å². The Labute approximate surface area is 377 Å². The molecule has 0 saturated carbocycles. The van der Waals surface area contributed by atoms with E-state index >= 15 is 0 Å². The van der Waals surface area contributed by atoms with Crippen LogP contribution in [0.4, 0.5) is 0 Å². The van der Waals surface area contributed by atoms with Crippen LogP contribution in [0.2, 0.25) is 0 Å². The van der Waals surface area contributed by atoms with Gasteiger partial charge in [-0.2, -0.15) is 0 Å². The highest BCUT2D eigenvalue weighted by atomic mass is 32.1. The Morgan fingerprint density at radius 3 is 1.28 bits per heavy atom. The summed E-state index contributed by atoms with van der Waals surface area (Å²) < 4.78 is 5.17. The molecule has 13 rings (SSSR count). The number of benzene rings is 9. The molecule has 0 unspecified atom stereocenters. The number of thiophene rings is 2. The Morgan fingerprint density at radius 1 is 0.266 bits per heavy atom. The van der Waals surface area contributed by atoms with Gasteiger partial charge >= 0.3 is 0 Å². The number of hydrogen-bond acceptors (Lipinski definition) is 5. The maximum Gasteiger partial charge on any atom is 0.160 e. The van der Waals surface area contributed by atoms with E-state index in [1.807, 2.05) is 35.1 Å². The molecule has 0 spiro atoms. The van der Waals surface area contributed by atoms with Crippen molar-refractivity contribution in [1.82, 2.24) is 15.0 Å². The van der Waals surface area contributed by atoms with Crippen molar-refractivity contribution in [3.63, 3.8) is 0 Å². The first-order valence-corrected chi connectivity index (χ1v) is 23.1. The zero-order chi connectivity index (χ0) is 42.1. The van der Waals surface area contributed by atoms with Crippen molar-refractivity contribution in [3.8, 4) is 67.3 Å². The fraction of sp³-hybridized carbons (Fsp3) is 0. The van der Waals surface area contributed by atoms with Gasteiger partial charge in [-0.05, 0) is 128 Å². The van der Waals surface area contributed by atoms with Gasteiger partial charge in [-0.1, -0.05) is 127 Å². The molecule has 0 aliphatic heterocycles. The first kappa shape index (κ1) is 36.8. The summed E-state index contributed by atoms with van der Waals surface area (Å²) >= 11 is 3.69. The summed E-state index contributed by atoms with van der Waals surface area (Å²) in [6.45, 7) is 0. The lowest BCUT2D eigenvalue weighted by molar-refractivity contribution is 1.19. The lowest BCUT2D eigenvalue weighted by Crippen LogP contribution is -1.98. The highest BCUT2D eigenvalue weighted by Crippen LogP contribution is 2.45. The Kier molecular flexibility index (Phi) is 8.58. The lowest BCUT2D eigenvalue weighted by atomic mass is 9.87. The van der Waals surface area contributed by atoms with Gasteiger partial charge in [0.2, 0.25) is 0 Å². The zero-order valence-electron chi connectivity index (χ0n) is 34.4. The van der Waals surface area contributed by atoms with Crippen LogP contribution < -0.4 is 0 Å². The van der Waals surface area contributed by atoms with Gasteiger partial charge in [-0.25, -0.2) is 9.97 Å². The molecule has 13 aromatic rings. The van der Waals surface area contributed by atoms with Crippen molar-refractivity contribution in [3.05, 3.63) is 213 Å². The molecular formula is C59H35N3S2. The van der Waals surface area contributed by atoms with E-state index in [4.69, 9.17) is 9.97 Å². The maximum absolute atomic E-state index is 5.62. The minimum Gasteiger partial charge on any atom is -0.265 e. The molecule has 0 aliphatic carbocycles. The summed E-state index contributed by atoms with van der Waals surface area (Å²) in [5.74, 6) is 0.676. The van der Waals surface area contributed by atoms with Crippen LogP contribution in [-0.4, -0.2) is 15.0 Å². The first-order valence-electron chi connectivity index (χ1n) is 21.5. The predicted octanol–water partition coefficient (Wildman–Crippen LogP) is 16.9. The predicted molar refractivity (Wildman–Crippen MR) is 273 cm³/mol. The molecule has 0 radical (unpaired) electrons. The van der Waals surface area contributed by atoms with Crippen molar-refractivity contribution in [2.45, 2.75) is 0 Å². The van der Waals surface area contributed by atoms with Crippen LogP contribution in [0.25, 0.3) is 129 Å². The summed E-state index contributed by atoms with van der Waals surface area (Å²) in [7, 11) is 0. The van der Waals surface area contributed by atoms with E-state index in [0.29, 0.717) is 5.82 Å². The van der Waals surface area contributed by atoms with Crippen molar-refractivity contribution in [2.24, 2.45) is 0 Å². The third kappa shape index (κ3) is 6.12. The topological polar surface area (TPSA) is 38.7 Å². The molecule has 0 atom stereocenters. The second-order valence-electron chi connectivity index (χ2n) is 16.3. The second-order valence-corrected chi connectivity index (χ2v) is 18.5. The molecule has 298 valence electrons. The number of hydrogen-bond donors (Lipinski definition) is 0. The summed E-state index contributed by atoms with van der Waals surface area (Å²) in [6, 6.07) is 72.5. The molecule has 3 nitrogen and oxygen atoms in total. The first-order chi connectivity index (χ1) is 31.7. The number of aromatic nitrogens is 3. The highest BCUT2D eigenvalue weighted by molar-refractivity contribution is 7.26. The standard InChI is InChI=1S/C59H35N3S2/c1-2-12-36(13-3-1)51-35-52(58-47-18-6-4-16-45(47)57(37-26-28-60-29-27-37)46-17-5-7-19-48(46)58)62-59(61-51)42-31-40(38-22-24-55-49(33-38)43-14-8-10-20-53(43)63-55)30-41(32-42)39-23-25-56-50(34-39)44-15-9-11-21-54(44)64-56/h1-35H. The number of pyridine rings is 1. The average Bonchev–Trinajstić information content (AvgIpc) is 3.93. The van der Waals surface area contributed by atoms with E-state index in [2.05, 4.69) is 205 Å². The van der Waals surface area contributed by atoms with Crippen molar-refractivity contribution >= 4 is 84.6 Å². The minimum atomic E-state index is 0.676. The number of nitrogens with zero attached hydrogens (tertiary/aromatic N) is 3. The molecular weight excluding hydrogens is 815 g/mol. The summed E-state index contributed by atoms with van der Waals surface area (Å²) in [4.78, 5) is 15.4. The summed E-state index contributed by atoms with van der Waals surface area (Å²) in [6.07, 6.45) is 3.75. The van der Waals surface area contributed by atoms with E-state index in [1.165, 1.54) is 56.7 Å². The van der Waals surface area contributed by atoms with Crippen LogP contribution in [-0.2, 0) is 0 Å². The molecule has 0 fully saturated rings. The fourth-order valence-corrected chi connectivity index (χ4v) is 11.8. The van der Waals surface area contributed by atoms with E-state index in [1.54, 1.807) is 0 Å². The van der Waals surface area contributed by atoms with Crippen LogP contribution in [0.15, 0.2) is 213 Å². The molecule has 0 bridgehead atoms. The average molecular weight is 850 g/mol. The Hall–Kier alpha value is -7.83. The summed E-state index contributed by atoms with van der Waals surface area (Å²) in [5, 5.41) is 9.73. The fourth-order valence-electron chi connectivity index (χ4n) is 9.60. The Balaban J connectivity index is 1.08. The normalized spacial score (nSPS) is 11.8. The van der Waals surface area contributed by atoms with Gasteiger partial charge in [0, 0.05) is 69.4 Å². The third-order valence-electron chi connectivity index (χ3n) is 12.6. The molecule has 0 amide bonds. The molecule has 0 saturated heterocycles. The third-order valence-corrected chi connectivity index (χ3v) is 14.9. The smallest absolute Gasteiger partial charge is 0.160 e. The van der Waals surface area contributed by atoms with E-state index in [0.717, 1.165) is 66.7 Å². The lowest BCUT2D eigenvalue weighted by Gasteiger charge is -2.18. The zero-order valence-corrected chi connectivity index (χ0v) is 36.0. The van der Waals surface area contributed by atoms with Crippen LogP contribution in [0.1, 0.15) is 0 Å². The summed E-state index contributed by atoms with van der Waals surface area (Å²) in [5.41, 5.74) is 11.7. The van der Waals surface area contributed by atoms with Gasteiger partial charge in [0.1, 0.15) is 0 Å². The molecule has 5 heteroatoms. The molecule has 0 N–H and O–H groups in total. The molecule has 0 aliphatic rings. The van der Waals surface area contributed by atoms with Gasteiger partial charge in [0.25, 0.3) is 0 Å². The van der Waals surface area contributed by atoms with Gasteiger partial charge in [0.15, 0.2) is 5.82 Å². The van der Waals surface area contributed by atoms with Gasteiger partial charge in [-0.3, -0.25) is 4.98 Å². The van der Waals surface area contributed by atoms with Gasteiger partial charge < -0.3 is 0 Å². The molecule has 9 aromatic carbocycles. The van der Waals surface area contributed by atoms with E-state index < -0.39 is 0 Å². The van der Waals surface area contributed by atoms with Crippen LogP contribution in [0, 0.1) is 0 Å².